The van der Waals surface area contributed by atoms with Crippen molar-refractivity contribution >= 4 is 16.5 Å². The topological polar surface area (TPSA) is 28.2 Å². The smallest absolute Gasteiger partial charge is 0.185 e. The molecule has 18 heavy (non-hydrogen) atoms. The van der Waals surface area contributed by atoms with E-state index in [0.717, 1.165) is 30.5 Å². The number of hydrogen-bond acceptors (Lipinski definition) is 4. The van der Waals surface area contributed by atoms with Gasteiger partial charge in [0.2, 0.25) is 0 Å². The molecule has 0 amide bonds. The molecular weight excluding hydrogens is 242 g/mol. The van der Waals surface area contributed by atoms with Gasteiger partial charge in [-0.1, -0.05) is 37.3 Å². The summed E-state index contributed by atoms with van der Waals surface area (Å²) in [6.45, 7) is 4.84. The Morgan fingerprint density at radius 1 is 1.28 bits per heavy atom. The van der Waals surface area contributed by atoms with Crippen LogP contribution in [0.5, 0.6) is 0 Å². The van der Waals surface area contributed by atoms with Crippen molar-refractivity contribution in [3.05, 3.63) is 47.0 Å². The fourth-order valence-electron chi connectivity index (χ4n) is 1.73. The van der Waals surface area contributed by atoms with Crippen molar-refractivity contribution in [3.63, 3.8) is 0 Å². The van der Waals surface area contributed by atoms with Gasteiger partial charge < -0.3 is 10.2 Å². The number of benzene rings is 1. The summed E-state index contributed by atoms with van der Waals surface area (Å²) in [5.74, 6) is 0. The molecule has 0 radical (unpaired) electrons. The van der Waals surface area contributed by atoms with E-state index < -0.39 is 0 Å². The van der Waals surface area contributed by atoms with Gasteiger partial charge in [0.15, 0.2) is 5.13 Å². The SMILES string of the molecule is CCNCc1csc(N(C)Cc2ccccc2)n1. The molecule has 0 aliphatic rings. The van der Waals surface area contributed by atoms with Gasteiger partial charge in [-0.25, -0.2) is 4.98 Å². The Morgan fingerprint density at radius 3 is 2.78 bits per heavy atom. The molecule has 0 saturated heterocycles. The maximum absolute atomic E-state index is 4.63. The molecule has 0 bridgehead atoms. The van der Waals surface area contributed by atoms with E-state index in [-0.39, 0.29) is 0 Å². The average Bonchev–Trinajstić information content (AvgIpc) is 2.86. The third-order valence-electron chi connectivity index (χ3n) is 2.68. The Hall–Kier alpha value is -1.39. The van der Waals surface area contributed by atoms with Crippen LogP contribution in [-0.2, 0) is 13.1 Å². The average molecular weight is 261 g/mol. The van der Waals surface area contributed by atoms with Gasteiger partial charge in [-0.05, 0) is 12.1 Å². The van der Waals surface area contributed by atoms with Gasteiger partial charge in [0.05, 0.1) is 5.69 Å². The quantitative estimate of drug-likeness (QED) is 0.866. The third kappa shape index (κ3) is 3.55. The molecule has 1 N–H and O–H groups in total. The summed E-state index contributed by atoms with van der Waals surface area (Å²) < 4.78 is 0. The summed E-state index contributed by atoms with van der Waals surface area (Å²) in [6.07, 6.45) is 0. The van der Waals surface area contributed by atoms with Crippen LogP contribution in [0.1, 0.15) is 18.2 Å². The van der Waals surface area contributed by atoms with Crippen molar-refractivity contribution in [1.29, 1.82) is 0 Å². The molecule has 2 rings (SSSR count). The van der Waals surface area contributed by atoms with Crippen LogP contribution in [0.25, 0.3) is 0 Å². The summed E-state index contributed by atoms with van der Waals surface area (Å²) in [6, 6.07) is 10.5. The number of anilines is 1. The van der Waals surface area contributed by atoms with Gasteiger partial charge in [-0.3, -0.25) is 0 Å². The first-order valence-electron chi connectivity index (χ1n) is 6.19. The second-order valence-corrected chi connectivity index (χ2v) is 5.08. The maximum Gasteiger partial charge on any atom is 0.185 e. The van der Waals surface area contributed by atoms with Crippen LogP contribution >= 0.6 is 11.3 Å². The number of thiazole rings is 1. The standard InChI is InChI=1S/C14H19N3S/c1-3-15-9-13-11-18-14(16-13)17(2)10-12-7-5-4-6-8-12/h4-8,11,15H,3,9-10H2,1-2H3. The zero-order valence-corrected chi connectivity index (χ0v) is 11.7. The normalized spacial score (nSPS) is 10.6. The molecule has 0 spiro atoms. The molecular formula is C14H19N3S. The first-order chi connectivity index (χ1) is 8.79. The van der Waals surface area contributed by atoms with Crippen molar-refractivity contribution in [3.8, 4) is 0 Å². The predicted molar refractivity (Wildman–Crippen MR) is 78.0 cm³/mol. The minimum absolute atomic E-state index is 0.853. The van der Waals surface area contributed by atoms with E-state index in [1.165, 1.54) is 5.56 Å². The van der Waals surface area contributed by atoms with E-state index >= 15 is 0 Å². The molecule has 0 saturated carbocycles. The van der Waals surface area contributed by atoms with Crippen LogP contribution in [0, 0.1) is 0 Å². The largest absolute Gasteiger partial charge is 0.347 e. The molecule has 0 aliphatic carbocycles. The molecule has 1 aromatic carbocycles. The van der Waals surface area contributed by atoms with Crippen molar-refractivity contribution < 1.29 is 0 Å². The molecule has 0 aliphatic heterocycles. The Morgan fingerprint density at radius 2 is 2.06 bits per heavy atom. The highest BCUT2D eigenvalue weighted by atomic mass is 32.1. The first kappa shape index (κ1) is 13.1. The summed E-state index contributed by atoms with van der Waals surface area (Å²) in [4.78, 5) is 6.82. The lowest BCUT2D eigenvalue weighted by Crippen LogP contribution is -2.16. The van der Waals surface area contributed by atoms with Crippen LogP contribution in [0.4, 0.5) is 5.13 Å². The zero-order valence-electron chi connectivity index (χ0n) is 10.9. The Bertz CT molecular complexity index is 467. The molecule has 0 atom stereocenters. The molecule has 0 unspecified atom stereocenters. The Labute approximate surface area is 112 Å². The van der Waals surface area contributed by atoms with Crippen molar-refractivity contribution in [2.45, 2.75) is 20.0 Å². The lowest BCUT2D eigenvalue weighted by atomic mass is 10.2. The maximum atomic E-state index is 4.63. The lowest BCUT2D eigenvalue weighted by molar-refractivity contribution is 0.713. The second kappa shape index (κ2) is 6.52. The van der Waals surface area contributed by atoms with Crippen molar-refractivity contribution in [2.24, 2.45) is 0 Å². The van der Waals surface area contributed by atoms with Crippen molar-refractivity contribution in [1.82, 2.24) is 10.3 Å². The van der Waals surface area contributed by atoms with Crippen LogP contribution in [0.3, 0.4) is 0 Å². The number of nitrogens with zero attached hydrogens (tertiary/aromatic N) is 2. The first-order valence-corrected chi connectivity index (χ1v) is 7.07. The fourth-order valence-corrected chi connectivity index (χ4v) is 2.52. The highest BCUT2D eigenvalue weighted by molar-refractivity contribution is 7.13. The van der Waals surface area contributed by atoms with E-state index in [0.29, 0.717) is 0 Å². The van der Waals surface area contributed by atoms with Gasteiger partial charge in [-0.2, -0.15) is 0 Å². The molecule has 0 fully saturated rings. The van der Waals surface area contributed by atoms with Crippen molar-refractivity contribution in [2.75, 3.05) is 18.5 Å². The van der Waals surface area contributed by atoms with Gasteiger partial charge in [0, 0.05) is 25.5 Å². The van der Waals surface area contributed by atoms with Gasteiger partial charge in [-0.15, -0.1) is 11.3 Å². The lowest BCUT2D eigenvalue weighted by Gasteiger charge is -2.15. The summed E-state index contributed by atoms with van der Waals surface area (Å²) in [5, 5.41) is 6.49. The van der Waals surface area contributed by atoms with Crippen LogP contribution in [0.2, 0.25) is 0 Å². The van der Waals surface area contributed by atoms with Crippen LogP contribution < -0.4 is 10.2 Å². The molecule has 1 heterocycles. The van der Waals surface area contributed by atoms with E-state index in [9.17, 15) is 0 Å². The summed E-state index contributed by atoms with van der Waals surface area (Å²) in [7, 11) is 2.09. The molecule has 4 heteroatoms. The zero-order chi connectivity index (χ0) is 12.8. The Kier molecular flexibility index (Phi) is 4.73. The highest BCUT2D eigenvalue weighted by Gasteiger charge is 2.07. The molecule has 1 aromatic heterocycles. The van der Waals surface area contributed by atoms with E-state index in [1.807, 2.05) is 6.07 Å². The highest BCUT2D eigenvalue weighted by Crippen LogP contribution is 2.20. The summed E-state index contributed by atoms with van der Waals surface area (Å²) in [5.41, 5.74) is 2.43. The minimum atomic E-state index is 0.853. The number of nitrogens with one attached hydrogen (secondary N) is 1. The second-order valence-electron chi connectivity index (χ2n) is 4.24. The fraction of sp³-hybridized carbons (Fsp3) is 0.357. The van der Waals surface area contributed by atoms with Crippen LogP contribution in [0.15, 0.2) is 35.7 Å². The number of rotatable bonds is 6. The molecule has 96 valence electrons. The minimum Gasteiger partial charge on any atom is -0.347 e. The Balaban J connectivity index is 1.96. The monoisotopic (exact) mass is 261 g/mol. The number of aromatic nitrogens is 1. The molecule has 2 aromatic rings. The van der Waals surface area contributed by atoms with Gasteiger partial charge >= 0.3 is 0 Å². The van der Waals surface area contributed by atoms with Gasteiger partial charge in [0.25, 0.3) is 0 Å². The third-order valence-corrected chi connectivity index (χ3v) is 3.69. The van der Waals surface area contributed by atoms with Crippen LogP contribution in [-0.4, -0.2) is 18.6 Å². The number of hydrogen-bond donors (Lipinski definition) is 1. The van der Waals surface area contributed by atoms with E-state index in [4.69, 9.17) is 0 Å². The van der Waals surface area contributed by atoms with Gasteiger partial charge in [0.1, 0.15) is 0 Å². The molecule has 3 nitrogen and oxygen atoms in total. The predicted octanol–water partition coefficient (Wildman–Crippen LogP) is 2.89. The summed E-state index contributed by atoms with van der Waals surface area (Å²) >= 11 is 1.70. The van der Waals surface area contributed by atoms with E-state index in [1.54, 1.807) is 11.3 Å². The van der Waals surface area contributed by atoms with E-state index in [2.05, 4.69) is 58.8 Å².